The first kappa shape index (κ1) is 24.8. The van der Waals surface area contributed by atoms with Gasteiger partial charge >= 0.3 is 5.97 Å². The van der Waals surface area contributed by atoms with Gasteiger partial charge in [0.1, 0.15) is 6.10 Å². The number of carbonyl (C=O) groups excluding carboxylic acids is 1. The topological polar surface area (TPSA) is 26.3 Å². The Hall–Kier alpha value is -1.31. The molecule has 0 heterocycles. The standard InChI is InChI=1S/C31H48O2/c1-8-23(20(2)3)10-9-21(4)27-13-14-28-26-12-11-24-19-25(33-22(5)32)15-17-30(24,6)29(26)16-18-31(27,28)7/h9-11,21,23,25-29H,2,8,12-19H2,1,3-7H3/b10-9-/t21-,23+,25+,26+,27-,28+,29+,30+,31-/m1/s1. The second-order valence-electron chi connectivity index (χ2n) is 12.6. The van der Waals surface area contributed by atoms with Crippen LogP contribution in [0.4, 0.5) is 0 Å². The van der Waals surface area contributed by atoms with Gasteiger partial charge in [-0.25, -0.2) is 0 Å². The number of hydrogen-bond donors (Lipinski definition) is 0. The highest BCUT2D eigenvalue weighted by atomic mass is 16.5. The van der Waals surface area contributed by atoms with Crippen molar-refractivity contribution in [3.05, 3.63) is 36.0 Å². The van der Waals surface area contributed by atoms with Crippen LogP contribution in [0.25, 0.3) is 0 Å². The van der Waals surface area contributed by atoms with Gasteiger partial charge in [-0.2, -0.15) is 0 Å². The molecule has 0 saturated heterocycles. The Morgan fingerprint density at radius 3 is 2.58 bits per heavy atom. The lowest BCUT2D eigenvalue weighted by atomic mass is 9.47. The molecule has 4 rings (SSSR count). The molecule has 0 aromatic heterocycles. The van der Waals surface area contributed by atoms with E-state index in [0.717, 1.165) is 42.9 Å². The van der Waals surface area contributed by atoms with E-state index >= 15 is 0 Å². The van der Waals surface area contributed by atoms with Crippen LogP contribution >= 0.6 is 0 Å². The fourth-order valence-electron chi connectivity index (χ4n) is 8.96. The van der Waals surface area contributed by atoms with Crippen LogP contribution in [0.15, 0.2) is 36.0 Å². The number of esters is 1. The number of hydrogen-bond acceptors (Lipinski definition) is 2. The van der Waals surface area contributed by atoms with E-state index in [1.54, 1.807) is 12.5 Å². The molecule has 0 aliphatic heterocycles. The molecule has 9 atom stereocenters. The van der Waals surface area contributed by atoms with Crippen molar-refractivity contribution in [1.29, 1.82) is 0 Å². The summed E-state index contributed by atoms with van der Waals surface area (Å²) in [4.78, 5) is 11.5. The van der Waals surface area contributed by atoms with Gasteiger partial charge in [-0.3, -0.25) is 4.79 Å². The second-order valence-corrected chi connectivity index (χ2v) is 12.6. The third-order valence-corrected chi connectivity index (χ3v) is 10.8. The minimum absolute atomic E-state index is 0.0990. The zero-order valence-corrected chi connectivity index (χ0v) is 22.2. The first-order chi connectivity index (χ1) is 15.6. The highest BCUT2D eigenvalue weighted by Gasteiger charge is 2.59. The Kier molecular flexibility index (Phi) is 7.05. The van der Waals surface area contributed by atoms with E-state index in [2.05, 4.69) is 59.4 Å². The summed E-state index contributed by atoms with van der Waals surface area (Å²) < 4.78 is 5.62. The Morgan fingerprint density at radius 1 is 1.15 bits per heavy atom. The van der Waals surface area contributed by atoms with E-state index in [1.807, 2.05) is 0 Å². The largest absolute Gasteiger partial charge is 0.462 e. The number of carbonyl (C=O) groups is 1. The van der Waals surface area contributed by atoms with Gasteiger partial charge in [0, 0.05) is 13.3 Å². The van der Waals surface area contributed by atoms with Gasteiger partial charge in [-0.15, -0.1) is 0 Å². The fourth-order valence-corrected chi connectivity index (χ4v) is 8.96. The molecule has 3 saturated carbocycles. The van der Waals surface area contributed by atoms with Gasteiger partial charge in [-0.05, 0) is 105 Å². The molecule has 33 heavy (non-hydrogen) atoms. The zero-order chi connectivity index (χ0) is 24.0. The van der Waals surface area contributed by atoms with Crippen molar-refractivity contribution in [2.45, 2.75) is 105 Å². The van der Waals surface area contributed by atoms with Crippen LogP contribution in [0.5, 0.6) is 0 Å². The predicted octanol–water partition coefficient (Wildman–Crippen LogP) is 8.29. The minimum atomic E-state index is -0.125. The zero-order valence-electron chi connectivity index (χ0n) is 22.2. The van der Waals surface area contributed by atoms with Gasteiger partial charge in [0.2, 0.25) is 0 Å². The SMILES string of the molecule is C=C(C)[C@H](/C=C\[C@@H](C)[C@H]1CC[C@H]2[C@@H]3CC=C4C[C@@H](OC(C)=O)CC[C@]4(C)[C@H]3CC[C@]12C)CC. The van der Waals surface area contributed by atoms with E-state index in [1.165, 1.54) is 44.1 Å². The van der Waals surface area contributed by atoms with Gasteiger partial charge in [0.05, 0.1) is 0 Å². The highest BCUT2D eigenvalue weighted by molar-refractivity contribution is 5.66. The molecule has 0 bridgehead atoms. The number of fused-ring (bicyclic) bond motifs is 5. The van der Waals surface area contributed by atoms with Crippen LogP contribution in [-0.4, -0.2) is 12.1 Å². The van der Waals surface area contributed by atoms with Crippen LogP contribution < -0.4 is 0 Å². The lowest BCUT2D eigenvalue weighted by Crippen LogP contribution is -2.51. The molecule has 4 aliphatic carbocycles. The Labute approximate surface area is 203 Å². The summed E-state index contributed by atoms with van der Waals surface area (Å²) in [5.41, 5.74) is 3.69. The lowest BCUT2D eigenvalue weighted by molar-refractivity contribution is -0.148. The van der Waals surface area contributed by atoms with Crippen LogP contribution in [-0.2, 0) is 9.53 Å². The molecule has 0 spiro atoms. The summed E-state index contributed by atoms with van der Waals surface area (Å²) in [6.07, 6.45) is 18.8. The average Bonchev–Trinajstić information content (AvgIpc) is 3.11. The van der Waals surface area contributed by atoms with Crippen molar-refractivity contribution in [3.8, 4) is 0 Å². The molecule has 0 radical (unpaired) electrons. The Morgan fingerprint density at radius 2 is 1.91 bits per heavy atom. The van der Waals surface area contributed by atoms with Gasteiger partial charge < -0.3 is 4.74 Å². The molecule has 184 valence electrons. The normalized spacial score (nSPS) is 42.0. The molecule has 4 aliphatic rings. The third kappa shape index (κ3) is 4.41. The quantitative estimate of drug-likeness (QED) is 0.299. The van der Waals surface area contributed by atoms with Crippen molar-refractivity contribution >= 4 is 5.97 Å². The maximum atomic E-state index is 11.5. The average molecular weight is 453 g/mol. The third-order valence-electron chi connectivity index (χ3n) is 10.8. The number of ether oxygens (including phenoxy) is 1. The van der Waals surface area contributed by atoms with Crippen molar-refractivity contribution in [2.75, 3.05) is 0 Å². The molecule has 3 fully saturated rings. The Bertz CT molecular complexity index is 821. The van der Waals surface area contributed by atoms with Crippen LogP contribution in [0.1, 0.15) is 99.3 Å². The maximum absolute atomic E-state index is 11.5. The fraction of sp³-hybridized carbons (Fsp3) is 0.774. The van der Waals surface area contributed by atoms with Crippen molar-refractivity contribution in [2.24, 2.45) is 46.3 Å². The van der Waals surface area contributed by atoms with Crippen LogP contribution in [0, 0.1) is 46.3 Å². The van der Waals surface area contributed by atoms with E-state index in [-0.39, 0.29) is 12.1 Å². The first-order valence-corrected chi connectivity index (χ1v) is 13.8. The summed E-state index contributed by atoms with van der Waals surface area (Å²) in [5.74, 6) is 4.36. The summed E-state index contributed by atoms with van der Waals surface area (Å²) >= 11 is 0. The van der Waals surface area contributed by atoms with E-state index < -0.39 is 0 Å². The summed E-state index contributed by atoms with van der Waals surface area (Å²) in [6.45, 7) is 17.9. The van der Waals surface area contributed by atoms with Crippen LogP contribution in [0.2, 0.25) is 0 Å². The van der Waals surface area contributed by atoms with E-state index in [0.29, 0.717) is 22.7 Å². The first-order valence-electron chi connectivity index (χ1n) is 13.8. The molecule has 2 nitrogen and oxygen atoms in total. The predicted molar refractivity (Wildman–Crippen MR) is 138 cm³/mol. The van der Waals surface area contributed by atoms with Gasteiger partial charge in [0.25, 0.3) is 0 Å². The summed E-state index contributed by atoms with van der Waals surface area (Å²) in [7, 11) is 0. The minimum Gasteiger partial charge on any atom is -0.462 e. The maximum Gasteiger partial charge on any atom is 0.302 e. The molecule has 0 unspecified atom stereocenters. The number of allylic oxidation sites excluding steroid dienone is 4. The summed E-state index contributed by atoms with van der Waals surface area (Å²) in [6, 6.07) is 0. The highest BCUT2D eigenvalue weighted by Crippen LogP contribution is 2.67. The van der Waals surface area contributed by atoms with Crippen LogP contribution in [0.3, 0.4) is 0 Å². The molecule has 0 N–H and O–H groups in total. The van der Waals surface area contributed by atoms with E-state index in [4.69, 9.17) is 4.74 Å². The monoisotopic (exact) mass is 452 g/mol. The van der Waals surface area contributed by atoms with Gasteiger partial charge in [0.15, 0.2) is 0 Å². The molecule has 0 amide bonds. The molecule has 0 aromatic carbocycles. The molecular formula is C31H48O2. The molecular weight excluding hydrogens is 404 g/mol. The lowest BCUT2D eigenvalue weighted by Gasteiger charge is -2.58. The molecule has 0 aromatic rings. The van der Waals surface area contributed by atoms with Crippen molar-refractivity contribution in [3.63, 3.8) is 0 Å². The smallest absolute Gasteiger partial charge is 0.302 e. The number of rotatable bonds is 6. The van der Waals surface area contributed by atoms with Crippen molar-refractivity contribution in [1.82, 2.24) is 0 Å². The second kappa shape index (κ2) is 9.38. The Balaban J connectivity index is 1.50. The van der Waals surface area contributed by atoms with E-state index in [9.17, 15) is 4.79 Å². The summed E-state index contributed by atoms with van der Waals surface area (Å²) in [5, 5.41) is 0. The van der Waals surface area contributed by atoms with Crippen molar-refractivity contribution < 1.29 is 9.53 Å². The van der Waals surface area contributed by atoms with Gasteiger partial charge in [-0.1, -0.05) is 63.6 Å². The molecule has 2 heteroatoms.